The van der Waals surface area contributed by atoms with Crippen LogP contribution in [0.5, 0.6) is 0 Å². The fourth-order valence-corrected chi connectivity index (χ4v) is 2.95. The predicted octanol–water partition coefficient (Wildman–Crippen LogP) is -2.21. The van der Waals surface area contributed by atoms with Crippen molar-refractivity contribution in [1.29, 1.82) is 0 Å². The third kappa shape index (κ3) is 5.91. The number of carboxylic acids is 2. The van der Waals surface area contributed by atoms with Gasteiger partial charge in [-0.1, -0.05) is 0 Å². The van der Waals surface area contributed by atoms with Crippen molar-refractivity contribution in [3.05, 3.63) is 47.4 Å². The molecule has 2 amide bonds. The van der Waals surface area contributed by atoms with Crippen LogP contribution in [0.15, 0.2) is 30.5 Å². The number of nitrogens with two attached hydrogens (primary N) is 2. The number of carbonyl (C=O) groups excluding carboxylic acids is 2. The molecule has 1 aromatic carbocycles. The first-order valence-electron chi connectivity index (χ1n) is 9.79. The number of anilines is 2. The van der Waals surface area contributed by atoms with E-state index in [0.717, 1.165) is 0 Å². The van der Waals surface area contributed by atoms with Gasteiger partial charge in [0, 0.05) is 17.7 Å². The zero-order valence-electron chi connectivity index (χ0n) is 17.5. The average Bonchev–Trinajstić information content (AvgIpc) is 2.76. The van der Waals surface area contributed by atoms with Gasteiger partial charge in [-0.3, -0.25) is 25.4 Å². The summed E-state index contributed by atoms with van der Waals surface area (Å²) in [6, 6.07) is 3.08. The molecule has 0 saturated heterocycles. The van der Waals surface area contributed by atoms with E-state index in [4.69, 9.17) is 16.6 Å². The maximum Gasteiger partial charge on any atom is 0.326 e. The summed E-state index contributed by atoms with van der Waals surface area (Å²) in [4.78, 5) is 54.7. The minimum atomic E-state index is -2.13. The van der Waals surface area contributed by atoms with Gasteiger partial charge in [-0.2, -0.15) is 0 Å². The topological polar surface area (TPSA) is 255 Å². The Bertz CT molecular complexity index is 1120. The Morgan fingerprint density at radius 1 is 1.12 bits per heavy atom. The van der Waals surface area contributed by atoms with Gasteiger partial charge in [0.25, 0.3) is 17.8 Å². The number of nitrogens with one attached hydrogen (secondary N) is 4. The van der Waals surface area contributed by atoms with Gasteiger partial charge in [0.15, 0.2) is 11.5 Å². The van der Waals surface area contributed by atoms with E-state index >= 15 is 0 Å². The smallest absolute Gasteiger partial charge is 0.326 e. The molecule has 1 aromatic heterocycles. The molecule has 180 valence electrons. The molecule has 1 aliphatic rings. The number of aromatic nitrogens is 2. The fourth-order valence-electron chi connectivity index (χ4n) is 2.95. The van der Waals surface area contributed by atoms with Gasteiger partial charge in [0.2, 0.25) is 0 Å². The van der Waals surface area contributed by atoms with E-state index in [2.05, 4.69) is 31.2 Å². The van der Waals surface area contributed by atoms with Crippen LogP contribution < -0.4 is 32.7 Å². The first-order chi connectivity index (χ1) is 15.9. The molecule has 0 aliphatic carbocycles. The van der Waals surface area contributed by atoms with Crippen LogP contribution in [0, 0.1) is 0 Å². The molecule has 2 aromatic rings. The lowest BCUT2D eigenvalue weighted by molar-refractivity contribution is -0.141. The van der Waals surface area contributed by atoms with Crippen LogP contribution in [0.25, 0.3) is 0 Å². The molecule has 3 unspecified atom stereocenters. The Balaban J connectivity index is 1.60. The van der Waals surface area contributed by atoms with Crippen LogP contribution in [-0.4, -0.2) is 67.1 Å². The normalized spacial score (nSPS) is 18.5. The summed E-state index contributed by atoms with van der Waals surface area (Å²) < 4.78 is 0. The van der Waals surface area contributed by atoms with Crippen LogP contribution in [0.3, 0.4) is 0 Å². The lowest BCUT2D eigenvalue weighted by Gasteiger charge is -2.30. The van der Waals surface area contributed by atoms with E-state index < -0.39 is 48.2 Å². The summed E-state index contributed by atoms with van der Waals surface area (Å²) in [5, 5.41) is 37.5. The maximum atomic E-state index is 12.3. The number of fused-ring (bicyclic) bond motifs is 1. The van der Waals surface area contributed by atoms with Gasteiger partial charge in [-0.05, 0) is 24.3 Å². The number of hydrogen-bond acceptors (Lipinski definition) is 11. The average molecular weight is 474 g/mol. The summed E-state index contributed by atoms with van der Waals surface area (Å²) in [5.41, 5.74) is 11.8. The molecule has 0 bridgehead atoms. The molecular weight excluding hydrogens is 452 g/mol. The second-order valence-corrected chi connectivity index (χ2v) is 7.38. The number of carbonyl (C=O) groups is 4. The molecule has 11 N–H and O–H groups in total. The molecule has 0 saturated carbocycles. The molecule has 3 atom stereocenters. The number of hydrogen-bond donors (Lipinski definition) is 9. The molecule has 2 heterocycles. The van der Waals surface area contributed by atoms with Gasteiger partial charge in [0.05, 0.1) is 18.4 Å². The second kappa shape index (κ2) is 9.65. The molecule has 0 radical (unpaired) electrons. The van der Waals surface area contributed by atoms with Crippen LogP contribution in [0.2, 0.25) is 0 Å². The van der Waals surface area contributed by atoms with E-state index in [1.165, 1.54) is 18.3 Å². The van der Waals surface area contributed by atoms with Gasteiger partial charge >= 0.3 is 11.9 Å². The van der Waals surface area contributed by atoms with Crippen molar-refractivity contribution >= 4 is 35.3 Å². The summed E-state index contributed by atoms with van der Waals surface area (Å²) in [7, 11) is 0. The van der Waals surface area contributed by atoms with Gasteiger partial charge in [-0.25, -0.2) is 14.8 Å². The molecule has 1 aliphatic heterocycles. The van der Waals surface area contributed by atoms with E-state index in [9.17, 15) is 29.4 Å². The van der Waals surface area contributed by atoms with E-state index in [-0.39, 0.29) is 23.6 Å². The summed E-state index contributed by atoms with van der Waals surface area (Å²) in [6.45, 7) is 0.167. The number of nitrogens with zero attached hydrogens (tertiary/aromatic N) is 2. The predicted molar refractivity (Wildman–Crippen MR) is 115 cm³/mol. The highest BCUT2D eigenvalue weighted by Gasteiger charge is 2.34. The summed E-state index contributed by atoms with van der Waals surface area (Å²) in [5.74, 6) is -6.30. The molecule has 3 rings (SSSR count). The number of amides is 2. The highest BCUT2D eigenvalue weighted by molar-refractivity contribution is 5.99. The number of rotatable bonds is 9. The summed E-state index contributed by atoms with van der Waals surface area (Å²) in [6.07, 6.45) is 0.902. The number of benzene rings is 1. The second-order valence-electron chi connectivity index (χ2n) is 7.38. The van der Waals surface area contributed by atoms with Crippen molar-refractivity contribution in [3.63, 3.8) is 0 Å². The third-order valence-electron chi connectivity index (χ3n) is 4.68. The minimum Gasteiger partial charge on any atom is -0.480 e. The molecule has 15 heteroatoms. The largest absolute Gasteiger partial charge is 0.480 e. The monoisotopic (exact) mass is 474 g/mol. The quantitative estimate of drug-likeness (QED) is 0.175. The molecule has 34 heavy (non-hydrogen) atoms. The Kier molecular flexibility index (Phi) is 6.90. The maximum absolute atomic E-state index is 12.3. The SMILES string of the molecule is NC(CC(NC(=O)c1ccc(NCc2cnc3c(n2)C(=O)NC(N)(O)N3)cc1)C(=O)O)C(=O)O. The van der Waals surface area contributed by atoms with Gasteiger partial charge in [0.1, 0.15) is 12.1 Å². The minimum absolute atomic E-state index is 0.0249. The first kappa shape index (κ1) is 24.3. The number of carboxylic acid groups (broad SMARTS) is 2. The van der Waals surface area contributed by atoms with Crippen molar-refractivity contribution in [1.82, 2.24) is 20.6 Å². The number of aliphatic hydroxyl groups is 1. The van der Waals surface area contributed by atoms with E-state index in [1.54, 1.807) is 12.1 Å². The zero-order chi connectivity index (χ0) is 25.0. The highest BCUT2D eigenvalue weighted by atomic mass is 16.4. The Labute approximate surface area is 191 Å². The van der Waals surface area contributed by atoms with Crippen LogP contribution in [-0.2, 0) is 16.1 Å². The molecule has 15 nitrogen and oxygen atoms in total. The standard InChI is InChI=1S/C19H22N8O7/c20-11(17(30)31)5-12(18(32)33)25-15(28)8-1-3-9(4-2-8)22-6-10-7-23-14-13(24-10)16(29)27-19(21,34)26-14/h1-4,7,11-12,22,34H,5-6,20-21H2,(H,23,26)(H,25,28)(H,27,29)(H,30,31)(H,32,33). The molecule has 0 spiro atoms. The van der Waals surface area contributed by atoms with Gasteiger partial charge < -0.3 is 37.0 Å². The van der Waals surface area contributed by atoms with E-state index in [0.29, 0.717) is 11.4 Å². The molecular formula is C19H22N8O7. The Hall–Kier alpha value is -4.34. The highest BCUT2D eigenvalue weighted by Crippen LogP contribution is 2.18. The van der Waals surface area contributed by atoms with Crippen molar-refractivity contribution in [2.75, 3.05) is 10.6 Å². The summed E-state index contributed by atoms with van der Waals surface area (Å²) >= 11 is 0. The Morgan fingerprint density at radius 3 is 2.41 bits per heavy atom. The fraction of sp³-hybridized carbons (Fsp3) is 0.263. The van der Waals surface area contributed by atoms with Crippen LogP contribution in [0.1, 0.15) is 33.0 Å². The van der Waals surface area contributed by atoms with Gasteiger partial charge in [-0.15, -0.1) is 0 Å². The Morgan fingerprint density at radius 2 is 1.79 bits per heavy atom. The lowest BCUT2D eigenvalue weighted by atomic mass is 10.1. The zero-order valence-corrected chi connectivity index (χ0v) is 17.5. The van der Waals surface area contributed by atoms with Crippen molar-refractivity contribution in [2.24, 2.45) is 11.5 Å². The van der Waals surface area contributed by atoms with Crippen LogP contribution in [0.4, 0.5) is 11.5 Å². The molecule has 0 fully saturated rings. The van der Waals surface area contributed by atoms with E-state index in [1.807, 2.05) is 0 Å². The van der Waals surface area contributed by atoms with Crippen LogP contribution >= 0.6 is 0 Å². The lowest BCUT2D eigenvalue weighted by Crippen LogP contribution is -2.64. The number of aliphatic carboxylic acids is 2. The first-order valence-corrected chi connectivity index (χ1v) is 9.79. The van der Waals surface area contributed by atoms with Crippen molar-refractivity contribution < 1.29 is 34.5 Å². The van der Waals surface area contributed by atoms with Crippen molar-refractivity contribution in [3.8, 4) is 0 Å². The third-order valence-corrected chi connectivity index (χ3v) is 4.68. The van der Waals surface area contributed by atoms with Crippen molar-refractivity contribution in [2.45, 2.75) is 31.0 Å².